The molecule has 186 valence electrons. The molecule has 37 heavy (non-hydrogen) atoms. The number of aromatic amines is 1. The van der Waals surface area contributed by atoms with Crippen LogP contribution in [-0.4, -0.2) is 49.8 Å². The van der Waals surface area contributed by atoms with Crippen LogP contribution in [0.15, 0.2) is 30.5 Å². The van der Waals surface area contributed by atoms with E-state index in [-0.39, 0.29) is 17.5 Å². The standard InChI is InChI=1S/C28H26N6O3/c1-13-18-3-4-22(25(18)32-31-13)29-27(35)21-12-34-9-14-2-5-23(33-10-16-6-17(16)11-33)30-24(14)20-8-15(28(36)37)7-19(21)26(20)34/h2,5,7-8,12,16-17,22H,3-4,6,9-11H2,1H3,(H,29,35)(H,31,32)(H,36,37)/t16?,17?,22-/m1/s1. The third-order valence-corrected chi connectivity index (χ3v) is 8.75. The van der Waals surface area contributed by atoms with Gasteiger partial charge < -0.3 is 19.9 Å². The number of hydrogen-bond acceptors (Lipinski definition) is 5. The van der Waals surface area contributed by atoms with Crippen molar-refractivity contribution in [3.63, 3.8) is 0 Å². The van der Waals surface area contributed by atoms with Crippen LogP contribution in [0.25, 0.3) is 22.2 Å². The maximum Gasteiger partial charge on any atom is 0.335 e. The summed E-state index contributed by atoms with van der Waals surface area (Å²) >= 11 is 0. The number of nitrogens with one attached hydrogen (secondary N) is 2. The number of benzene rings is 1. The minimum atomic E-state index is -1.02. The number of hydrogen-bond donors (Lipinski definition) is 3. The molecule has 8 rings (SSSR count). The van der Waals surface area contributed by atoms with E-state index in [0.29, 0.717) is 17.5 Å². The number of piperidine rings is 1. The molecule has 1 amide bonds. The maximum absolute atomic E-state index is 13.6. The number of anilines is 1. The van der Waals surface area contributed by atoms with Gasteiger partial charge in [-0.05, 0) is 67.3 Å². The molecular formula is C28H26N6O3. The van der Waals surface area contributed by atoms with Crippen molar-refractivity contribution < 1.29 is 14.7 Å². The number of aryl methyl sites for hydroxylation is 1. The van der Waals surface area contributed by atoms with Gasteiger partial charge in [0.25, 0.3) is 5.91 Å². The molecule has 4 aromatic rings. The van der Waals surface area contributed by atoms with Gasteiger partial charge in [0.2, 0.25) is 0 Å². The number of carbonyl (C=O) groups excluding carboxylic acids is 1. The predicted molar refractivity (Wildman–Crippen MR) is 137 cm³/mol. The van der Waals surface area contributed by atoms with Gasteiger partial charge in [0, 0.05) is 42.5 Å². The van der Waals surface area contributed by atoms with Crippen molar-refractivity contribution in [1.82, 2.24) is 25.1 Å². The van der Waals surface area contributed by atoms with Gasteiger partial charge in [0.1, 0.15) is 5.82 Å². The molecule has 1 saturated carbocycles. The second-order valence-electron chi connectivity index (χ2n) is 11.0. The maximum atomic E-state index is 13.6. The Morgan fingerprint density at radius 3 is 2.84 bits per heavy atom. The van der Waals surface area contributed by atoms with Crippen LogP contribution in [0, 0.1) is 18.8 Å². The highest BCUT2D eigenvalue weighted by atomic mass is 16.4. The summed E-state index contributed by atoms with van der Waals surface area (Å²) in [4.78, 5) is 33.1. The Morgan fingerprint density at radius 1 is 1.19 bits per heavy atom. The highest BCUT2D eigenvalue weighted by Crippen LogP contribution is 2.47. The van der Waals surface area contributed by atoms with Crippen molar-refractivity contribution in [1.29, 1.82) is 0 Å². The summed E-state index contributed by atoms with van der Waals surface area (Å²) in [6.45, 7) is 4.67. The molecule has 3 aromatic heterocycles. The zero-order valence-electron chi connectivity index (χ0n) is 20.4. The smallest absolute Gasteiger partial charge is 0.335 e. The second-order valence-corrected chi connectivity index (χ2v) is 11.0. The molecule has 4 aliphatic rings. The molecule has 1 saturated heterocycles. The fraction of sp³-hybridized carbons (Fsp3) is 0.357. The largest absolute Gasteiger partial charge is 0.478 e. The van der Waals surface area contributed by atoms with Crippen LogP contribution in [0.5, 0.6) is 0 Å². The number of pyridine rings is 1. The van der Waals surface area contributed by atoms with E-state index in [2.05, 4.69) is 37.1 Å². The fourth-order valence-electron chi connectivity index (χ4n) is 6.71. The molecule has 2 aliphatic carbocycles. The first-order valence-corrected chi connectivity index (χ1v) is 12.9. The molecule has 9 heteroatoms. The molecule has 2 aliphatic heterocycles. The lowest BCUT2D eigenvalue weighted by molar-refractivity contribution is 0.0696. The Hall–Kier alpha value is -4.14. The molecule has 5 heterocycles. The van der Waals surface area contributed by atoms with Crippen molar-refractivity contribution in [2.24, 2.45) is 11.8 Å². The second kappa shape index (κ2) is 7.21. The van der Waals surface area contributed by atoms with Gasteiger partial charge in [-0.15, -0.1) is 0 Å². The number of nitrogens with zero attached hydrogens (tertiary/aromatic N) is 4. The van der Waals surface area contributed by atoms with Gasteiger partial charge in [-0.25, -0.2) is 9.78 Å². The number of amides is 1. The van der Waals surface area contributed by atoms with Gasteiger partial charge >= 0.3 is 5.97 Å². The number of carbonyl (C=O) groups is 2. The number of carboxylic acid groups (broad SMARTS) is 1. The fourth-order valence-corrected chi connectivity index (χ4v) is 6.71. The summed E-state index contributed by atoms with van der Waals surface area (Å²) in [6.07, 6.45) is 4.85. The van der Waals surface area contributed by atoms with E-state index in [9.17, 15) is 14.7 Å². The average Bonchev–Trinajstić information content (AvgIpc) is 3.27. The lowest BCUT2D eigenvalue weighted by Gasteiger charge is -2.24. The van der Waals surface area contributed by atoms with Crippen LogP contribution in [0.3, 0.4) is 0 Å². The molecule has 1 aromatic carbocycles. The molecule has 3 N–H and O–H groups in total. The van der Waals surface area contributed by atoms with Crippen molar-refractivity contribution in [3.05, 3.63) is 64.1 Å². The Balaban J connectivity index is 1.22. The van der Waals surface area contributed by atoms with Crippen molar-refractivity contribution in [3.8, 4) is 11.3 Å². The van der Waals surface area contributed by atoms with Gasteiger partial charge in [0.15, 0.2) is 0 Å². The Kier molecular flexibility index (Phi) is 4.09. The average molecular weight is 495 g/mol. The monoisotopic (exact) mass is 494 g/mol. The predicted octanol–water partition coefficient (Wildman–Crippen LogP) is 3.67. The van der Waals surface area contributed by atoms with E-state index in [1.54, 1.807) is 12.1 Å². The molecule has 2 fully saturated rings. The Bertz CT molecular complexity index is 1660. The summed E-state index contributed by atoms with van der Waals surface area (Å²) in [6, 6.07) is 7.34. The quantitative estimate of drug-likeness (QED) is 0.351. The van der Waals surface area contributed by atoms with Crippen LogP contribution in [0.4, 0.5) is 5.82 Å². The summed E-state index contributed by atoms with van der Waals surface area (Å²) in [7, 11) is 0. The summed E-state index contributed by atoms with van der Waals surface area (Å²) in [5.41, 5.74) is 7.22. The van der Waals surface area contributed by atoms with Crippen molar-refractivity contribution >= 4 is 28.6 Å². The van der Waals surface area contributed by atoms with E-state index in [1.165, 1.54) is 12.0 Å². The van der Waals surface area contributed by atoms with Crippen LogP contribution in [0.1, 0.15) is 62.1 Å². The van der Waals surface area contributed by atoms with Crippen molar-refractivity contribution in [2.75, 3.05) is 18.0 Å². The first-order valence-electron chi connectivity index (χ1n) is 12.9. The zero-order valence-corrected chi connectivity index (χ0v) is 20.4. The van der Waals surface area contributed by atoms with Gasteiger partial charge in [-0.1, -0.05) is 6.07 Å². The van der Waals surface area contributed by atoms with E-state index in [4.69, 9.17) is 4.98 Å². The number of H-pyrrole nitrogens is 1. The van der Waals surface area contributed by atoms with E-state index in [0.717, 1.165) is 77.3 Å². The third-order valence-electron chi connectivity index (χ3n) is 8.75. The lowest BCUT2D eigenvalue weighted by Crippen LogP contribution is -2.27. The molecular weight excluding hydrogens is 468 g/mol. The normalized spacial score (nSPS) is 22.6. The SMILES string of the molecule is Cc1[nH]nc2c1CC[C@H]2NC(=O)c1cn2c3c(cc(C(=O)O)cc13)-c1nc(N3CC4CC4C3)ccc1C2. The van der Waals surface area contributed by atoms with Crippen LogP contribution in [0.2, 0.25) is 0 Å². The topological polar surface area (TPSA) is 116 Å². The molecule has 2 unspecified atom stereocenters. The minimum Gasteiger partial charge on any atom is -0.478 e. The number of aromatic nitrogens is 4. The number of carboxylic acids is 1. The van der Waals surface area contributed by atoms with E-state index >= 15 is 0 Å². The number of rotatable bonds is 4. The van der Waals surface area contributed by atoms with Gasteiger partial charge in [-0.3, -0.25) is 9.89 Å². The number of aromatic carboxylic acids is 1. The minimum absolute atomic E-state index is 0.155. The summed E-state index contributed by atoms with van der Waals surface area (Å²) in [5, 5.41) is 21.1. The van der Waals surface area contributed by atoms with Crippen molar-refractivity contribution in [2.45, 2.75) is 38.8 Å². The van der Waals surface area contributed by atoms with Crippen LogP contribution < -0.4 is 10.2 Å². The molecule has 0 spiro atoms. The van der Waals surface area contributed by atoms with Gasteiger partial charge in [0.05, 0.1) is 34.1 Å². The lowest BCUT2D eigenvalue weighted by atomic mass is 9.96. The van der Waals surface area contributed by atoms with E-state index < -0.39 is 5.97 Å². The van der Waals surface area contributed by atoms with Gasteiger partial charge in [-0.2, -0.15) is 5.10 Å². The molecule has 0 radical (unpaired) electrons. The Morgan fingerprint density at radius 2 is 2.03 bits per heavy atom. The zero-order chi connectivity index (χ0) is 25.0. The third kappa shape index (κ3) is 3.03. The Labute approximate surface area is 212 Å². The molecule has 9 nitrogen and oxygen atoms in total. The van der Waals surface area contributed by atoms with E-state index in [1.807, 2.05) is 13.1 Å². The summed E-state index contributed by atoms with van der Waals surface area (Å²) < 4.78 is 2.05. The molecule has 0 bridgehead atoms. The number of fused-ring (bicyclic) bond motifs is 4. The first-order chi connectivity index (χ1) is 17.9. The molecule has 3 atom stereocenters. The summed E-state index contributed by atoms with van der Waals surface area (Å²) in [5.74, 6) is 1.29. The highest BCUT2D eigenvalue weighted by Gasteiger charge is 2.45. The van der Waals surface area contributed by atoms with Crippen LogP contribution >= 0.6 is 0 Å². The first kappa shape index (κ1) is 21.0. The highest BCUT2D eigenvalue weighted by molar-refractivity contribution is 6.13. The van der Waals surface area contributed by atoms with Crippen LogP contribution in [-0.2, 0) is 13.0 Å².